The number of hydrogen-bond acceptors (Lipinski definition) is 4. The van der Waals surface area contributed by atoms with Crippen molar-refractivity contribution in [3.63, 3.8) is 0 Å². The van der Waals surface area contributed by atoms with E-state index in [0.29, 0.717) is 12.1 Å². The number of benzene rings is 1. The quantitative estimate of drug-likeness (QED) is 0.658. The molecule has 1 aromatic rings. The average Bonchev–Trinajstić information content (AvgIpc) is 2.46. The maximum atomic E-state index is 12.0. The van der Waals surface area contributed by atoms with Gasteiger partial charge in [0, 0.05) is 18.2 Å². The molecule has 1 aromatic carbocycles. The molecule has 1 aliphatic heterocycles. The highest BCUT2D eigenvalue weighted by molar-refractivity contribution is 5.85. The Morgan fingerprint density at radius 1 is 1.48 bits per heavy atom. The third-order valence-corrected chi connectivity index (χ3v) is 3.69. The van der Waals surface area contributed by atoms with Crippen molar-refractivity contribution in [2.75, 3.05) is 6.54 Å². The van der Waals surface area contributed by atoms with Crippen LogP contribution in [0, 0.1) is 17.0 Å². The number of halogens is 1. The van der Waals surface area contributed by atoms with E-state index < -0.39 is 4.92 Å². The van der Waals surface area contributed by atoms with Crippen LogP contribution in [0.1, 0.15) is 30.4 Å². The van der Waals surface area contributed by atoms with Gasteiger partial charge in [-0.15, -0.1) is 12.4 Å². The third kappa shape index (κ3) is 4.41. The Kier molecular flexibility index (Phi) is 6.58. The van der Waals surface area contributed by atoms with E-state index in [1.54, 1.807) is 19.1 Å². The predicted molar refractivity (Wildman–Crippen MR) is 82.6 cm³/mol. The molecule has 1 atom stereocenters. The van der Waals surface area contributed by atoms with Gasteiger partial charge in [-0.25, -0.2) is 0 Å². The molecule has 2 N–H and O–H groups in total. The number of carbonyl (C=O) groups is 1. The Balaban J connectivity index is 0.00000220. The van der Waals surface area contributed by atoms with Gasteiger partial charge in [-0.2, -0.15) is 0 Å². The molecule has 0 aliphatic carbocycles. The molecule has 0 unspecified atom stereocenters. The second kappa shape index (κ2) is 7.95. The van der Waals surface area contributed by atoms with E-state index in [-0.39, 0.29) is 30.0 Å². The third-order valence-electron chi connectivity index (χ3n) is 3.69. The zero-order valence-electron chi connectivity index (χ0n) is 11.9. The van der Waals surface area contributed by atoms with Crippen LogP contribution in [0.5, 0.6) is 0 Å². The molecule has 0 bridgehead atoms. The molecular weight excluding hydrogens is 294 g/mol. The van der Waals surface area contributed by atoms with E-state index in [4.69, 9.17) is 0 Å². The van der Waals surface area contributed by atoms with Crippen LogP contribution in [0.15, 0.2) is 18.2 Å². The first-order valence-electron chi connectivity index (χ1n) is 6.83. The van der Waals surface area contributed by atoms with Crippen molar-refractivity contribution in [2.24, 2.45) is 0 Å². The Bertz CT molecular complexity index is 516. The Morgan fingerprint density at radius 3 is 2.86 bits per heavy atom. The molecule has 0 spiro atoms. The number of nitro benzene ring substituents is 1. The summed E-state index contributed by atoms with van der Waals surface area (Å²) in [7, 11) is 0. The fourth-order valence-corrected chi connectivity index (χ4v) is 2.44. The van der Waals surface area contributed by atoms with Crippen LogP contribution < -0.4 is 10.6 Å². The molecule has 0 radical (unpaired) electrons. The summed E-state index contributed by atoms with van der Waals surface area (Å²) >= 11 is 0. The number of hydrogen-bond donors (Lipinski definition) is 2. The zero-order valence-corrected chi connectivity index (χ0v) is 12.7. The molecule has 2 rings (SSSR count). The van der Waals surface area contributed by atoms with Crippen molar-refractivity contribution in [3.8, 4) is 0 Å². The summed E-state index contributed by atoms with van der Waals surface area (Å²) in [5, 5.41) is 16.9. The van der Waals surface area contributed by atoms with Crippen molar-refractivity contribution in [1.29, 1.82) is 0 Å². The second-order valence-electron chi connectivity index (χ2n) is 5.04. The lowest BCUT2D eigenvalue weighted by Gasteiger charge is -2.22. The number of nitrogens with one attached hydrogen (secondary N) is 2. The van der Waals surface area contributed by atoms with Crippen LogP contribution in [0.3, 0.4) is 0 Å². The summed E-state index contributed by atoms with van der Waals surface area (Å²) in [6.07, 6.45) is 3.01. The molecule has 0 saturated carbocycles. The lowest BCUT2D eigenvalue weighted by Crippen LogP contribution is -2.46. The van der Waals surface area contributed by atoms with Crippen LogP contribution in [0.25, 0.3) is 0 Å². The van der Waals surface area contributed by atoms with Crippen LogP contribution in [-0.4, -0.2) is 23.4 Å². The van der Waals surface area contributed by atoms with E-state index in [0.717, 1.165) is 31.4 Å². The van der Waals surface area contributed by atoms with Gasteiger partial charge in [0.15, 0.2) is 0 Å². The summed E-state index contributed by atoms with van der Waals surface area (Å²) in [6, 6.07) is 4.79. The first kappa shape index (κ1) is 17.4. The van der Waals surface area contributed by atoms with Crippen LogP contribution >= 0.6 is 12.4 Å². The molecule has 21 heavy (non-hydrogen) atoms. The van der Waals surface area contributed by atoms with Crippen molar-refractivity contribution in [2.45, 2.75) is 38.8 Å². The van der Waals surface area contributed by atoms with Crippen LogP contribution in [0.2, 0.25) is 0 Å². The monoisotopic (exact) mass is 313 g/mol. The van der Waals surface area contributed by atoms with Gasteiger partial charge in [-0.05, 0) is 31.9 Å². The van der Waals surface area contributed by atoms with Gasteiger partial charge in [-0.1, -0.05) is 18.6 Å². The molecule has 1 aliphatic rings. The molecule has 1 fully saturated rings. The first-order chi connectivity index (χ1) is 9.59. The van der Waals surface area contributed by atoms with E-state index in [1.807, 2.05) is 0 Å². The number of nitro groups is 1. The Labute approximate surface area is 129 Å². The number of rotatable bonds is 4. The molecular formula is C14H20ClN3O3. The van der Waals surface area contributed by atoms with Gasteiger partial charge in [0.25, 0.3) is 5.69 Å². The van der Waals surface area contributed by atoms with Crippen LogP contribution in [-0.2, 0) is 11.3 Å². The lowest BCUT2D eigenvalue weighted by molar-refractivity contribution is -0.385. The number of nitrogens with zero attached hydrogens (tertiary/aromatic N) is 1. The molecule has 7 heteroatoms. The number of carbonyl (C=O) groups excluding carboxylic acids is 1. The maximum Gasteiger partial charge on any atom is 0.272 e. The molecule has 6 nitrogen and oxygen atoms in total. The van der Waals surface area contributed by atoms with Gasteiger partial charge in [0.2, 0.25) is 5.91 Å². The maximum absolute atomic E-state index is 12.0. The predicted octanol–water partition coefficient (Wildman–Crippen LogP) is 2.08. The van der Waals surface area contributed by atoms with Gasteiger partial charge in [0.05, 0.1) is 11.0 Å². The highest BCUT2D eigenvalue weighted by Gasteiger charge is 2.20. The van der Waals surface area contributed by atoms with Crippen LogP contribution in [0.4, 0.5) is 5.69 Å². The van der Waals surface area contributed by atoms with Gasteiger partial charge in [0.1, 0.15) is 0 Å². The smallest absolute Gasteiger partial charge is 0.272 e. The minimum Gasteiger partial charge on any atom is -0.351 e. The van der Waals surface area contributed by atoms with Crippen molar-refractivity contribution < 1.29 is 9.72 Å². The Hall–Kier alpha value is -1.66. The minimum absolute atomic E-state index is 0. The highest BCUT2D eigenvalue weighted by atomic mass is 35.5. The molecule has 1 heterocycles. The summed E-state index contributed by atoms with van der Waals surface area (Å²) < 4.78 is 0. The van der Waals surface area contributed by atoms with E-state index in [9.17, 15) is 14.9 Å². The molecule has 1 saturated heterocycles. The summed E-state index contributed by atoms with van der Waals surface area (Å²) in [5.41, 5.74) is 1.48. The van der Waals surface area contributed by atoms with E-state index in [2.05, 4.69) is 10.6 Å². The summed E-state index contributed by atoms with van der Waals surface area (Å²) in [4.78, 5) is 22.5. The normalized spacial score (nSPS) is 17.7. The largest absolute Gasteiger partial charge is 0.351 e. The topological polar surface area (TPSA) is 84.3 Å². The van der Waals surface area contributed by atoms with Crippen molar-refractivity contribution in [1.82, 2.24) is 10.6 Å². The summed E-state index contributed by atoms with van der Waals surface area (Å²) in [6.45, 7) is 2.90. The minimum atomic E-state index is -0.399. The second-order valence-corrected chi connectivity index (χ2v) is 5.04. The van der Waals surface area contributed by atoms with Crippen molar-refractivity contribution in [3.05, 3.63) is 39.4 Å². The first-order valence-corrected chi connectivity index (χ1v) is 6.83. The SMILES string of the molecule is Cc1c(CNC(=O)[C@@H]2CCCCN2)cccc1[N+](=O)[O-].Cl. The standard InChI is InChI=1S/C14H19N3O3.ClH/c1-10-11(5-4-7-13(10)17(19)20)9-16-14(18)12-6-2-3-8-15-12;/h4-5,7,12,15H,2-3,6,8-9H2,1H3,(H,16,18);1H/t12-;/m0./s1. The van der Waals surface area contributed by atoms with Gasteiger partial charge >= 0.3 is 0 Å². The number of piperidine rings is 1. The van der Waals surface area contributed by atoms with Crippen molar-refractivity contribution >= 4 is 24.0 Å². The molecule has 1 amide bonds. The Morgan fingerprint density at radius 2 is 2.24 bits per heavy atom. The highest BCUT2D eigenvalue weighted by Crippen LogP contribution is 2.20. The van der Waals surface area contributed by atoms with Gasteiger partial charge < -0.3 is 10.6 Å². The van der Waals surface area contributed by atoms with Gasteiger partial charge in [-0.3, -0.25) is 14.9 Å². The fourth-order valence-electron chi connectivity index (χ4n) is 2.44. The number of amides is 1. The van der Waals surface area contributed by atoms with E-state index >= 15 is 0 Å². The zero-order chi connectivity index (χ0) is 14.5. The summed E-state index contributed by atoms with van der Waals surface area (Å²) in [5.74, 6) is -0.0318. The fraction of sp³-hybridized carbons (Fsp3) is 0.500. The molecule has 116 valence electrons. The average molecular weight is 314 g/mol. The molecule has 0 aromatic heterocycles. The lowest BCUT2D eigenvalue weighted by atomic mass is 10.0. The van der Waals surface area contributed by atoms with E-state index in [1.165, 1.54) is 6.07 Å².